The Labute approximate surface area is 56.3 Å². The van der Waals surface area contributed by atoms with E-state index < -0.39 is 0 Å². The van der Waals surface area contributed by atoms with Crippen LogP contribution in [0.2, 0.25) is 0 Å². The molecule has 0 aromatic heterocycles. The van der Waals surface area contributed by atoms with Crippen molar-refractivity contribution in [2.45, 2.75) is 19.3 Å². The summed E-state index contributed by atoms with van der Waals surface area (Å²) in [4.78, 5) is 0. The van der Waals surface area contributed by atoms with Crippen molar-refractivity contribution >= 4 is 0 Å². The van der Waals surface area contributed by atoms with Crippen molar-refractivity contribution in [1.29, 1.82) is 0 Å². The number of hydrogen-bond donors (Lipinski definition) is 1. The van der Waals surface area contributed by atoms with Gasteiger partial charge in [0.05, 0.1) is 6.61 Å². The number of hydrogen-bond acceptors (Lipinski definition) is 1. The zero-order chi connectivity index (χ0) is 6.53. The molecule has 0 spiro atoms. The molecule has 53 valence electrons. The predicted molar refractivity (Wildman–Crippen MR) is 35.8 cm³/mol. The number of rotatable bonds is 2. The van der Waals surface area contributed by atoms with Crippen molar-refractivity contribution in [3.63, 3.8) is 0 Å². The van der Waals surface area contributed by atoms with Crippen LogP contribution < -0.4 is 5.32 Å². The van der Waals surface area contributed by atoms with Gasteiger partial charge in [-0.05, 0) is 38.3 Å². The van der Waals surface area contributed by atoms with E-state index >= 15 is 0 Å². The van der Waals surface area contributed by atoms with Crippen LogP contribution in [0.1, 0.15) is 19.3 Å². The van der Waals surface area contributed by atoms with E-state index in [1.165, 1.54) is 12.8 Å². The highest BCUT2D eigenvalue weighted by Gasteiger charge is 2.11. The average Bonchev–Trinajstić information content (AvgIpc) is 1.91. The summed E-state index contributed by atoms with van der Waals surface area (Å²) < 4.78 is 0. The van der Waals surface area contributed by atoms with E-state index in [0.29, 0.717) is 0 Å². The highest BCUT2D eigenvalue weighted by atomic mass is 16.3. The molecule has 1 fully saturated rings. The highest BCUT2D eigenvalue weighted by molar-refractivity contribution is 4.67. The maximum absolute atomic E-state index is 10.2. The van der Waals surface area contributed by atoms with Gasteiger partial charge < -0.3 is 5.32 Å². The summed E-state index contributed by atoms with van der Waals surface area (Å²) in [5, 5.41) is 13.4. The quantitative estimate of drug-likeness (QED) is 0.586. The van der Waals surface area contributed by atoms with Gasteiger partial charge in [-0.1, -0.05) is 0 Å². The van der Waals surface area contributed by atoms with Gasteiger partial charge in [-0.15, -0.1) is 0 Å². The molecule has 1 N–H and O–H groups in total. The van der Waals surface area contributed by atoms with Gasteiger partial charge in [0, 0.05) is 0 Å². The normalized spacial score (nSPS) is 22.3. The lowest BCUT2D eigenvalue weighted by Gasteiger charge is -2.20. The summed E-state index contributed by atoms with van der Waals surface area (Å²) >= 11 is 0. The van der Waals surface area contributed by atoms with E-state index in [2.05, 4.69) is 5.32 Å². The topological polar surface area (TPSA) is 31.9 Å². The Morgan fingerprint density at radius 1 is 1.33 bits per heavy atom. The van der Waals surface area contributed by atoms with E-state index in [4.69, 9.17) is 0 Å². The lowest BCUT2D eigenvalue weighted by atomic mass is 9.95. The Hall–Kier alpha value is -0.0800. The van der Waals surface area contributed by atoms with Gasteiger partial charge in [0.1, 0.15) is 0 Å². The van der Waals surface area contributed by atoms with Gasteiger partial charge in [-0.3, -0.25) is 0 Å². The molecule has 0 atom stereocenters. The zero-order valence-electron chi connectivity index (χ0n) is 5.73. The zero-order valence-corrected chi connectivity index (χ0v) is 5.73. The first kappa shape index (κ1) is 7.03. The highest BCUT2D eigenvalue weighted by Crippen LogP contribution is 2.14. The fourth-order valence-corrected chi connectivity index (χ4v) is 1.34. The van der Waals surface area contributed by atoms with Crippen molar-refractivity contribution in [3.8, 4) is 0 Å². The molecule has 0 amide bonds. The molecule has 1 aliphatic rings. The molecular weight excluding hydrogens is 114 g/mol. The van der Waals surface area contributed by atoms with E-state index in [1.54, 1.807) is 0 Å². The van der Waals surface area contributed by atoms with Crippen LogP contribution in [0.25, 0.3) is 0 Å². The predicted octanol–water partition coefficient (Wildman–Crippen LogP) is 0.807. The molecule has 0 aliphatic carbocycles. The average molecular weight is 128 g/mol. The molecule has 1 rings (SSSR count). The maximum atomic E-state index is 10.2. The van der Waals surface area contributed by atoms with Gasteiger partial charge in [0.25, 0.3) is 0 Å². The second-order valence-corrected chi connectivity index (χ2v) is 2.69. The molecule has 0 unspecified atom stereocenters. The monoisotopic (exact) mass is 128 g/mol. The molecule has 1 radical (unpaired) electrons. The van der Waals surface area contributed by atoms with Crippen LogP contribution in [0.3, 0.4) is 0 Å². The SMILES string of the molecule is [O]CCC1CCNCC1. The Balaban J connectivity index is 2.08. The van der Waals surface area contributed by atoms with Crippen molar-refractivity contribution in [2.24, 2.45) is 5.92 Å². The van der Waals surface area contributed by atoms with Gasteiger partial charge in [-0.2, -0.15) is 0 Å². The first-order valence-corrected chi connectivity index (χ1v) is 3.72. The summed E-state index contributed by atoms with van der Waals surface area (Å²) in [5.41, 5.74) is 0. The summed E-state index contributed by atoms with van der Waals surface area (Å²) in [7, 11) is 0. The van der Waals surface area contributed by atoms with Crippen LogP contribution in [0.4, 0.5) is 0 Å². The van der Waals surface area contributed by atoms with E-state index in [1.807, 2.05) is 0 Å². The van der Waals surface area contributed by atoms with Crippen LogP contribution in [0.5, 0.6) is 0 Å². The fourth-order valence-electron chi connectivity index (χ4n) is 1.34. The summed E-state index contributed by atoms with van der Waals surface area (Å²) in [6, 6.07) is 0. The molecule has 0 bridgehead atoms. The van der Waals surface area contributed by atoms with Crippen LogP contribution in [0, 0.1) is 5.92 Å². The Kier molecular flexibility index (Phi) is 3.01. The number of nitrogens with one attached hydrogen (secondary N) is 1. The molecule has 0 saturated carbocycles. The van der Waals surface area contributed by atoms with E-state index in [0.717, 1.165) is 25.4 Å². The molecule has 0 aromatic rings. The third kappa shape index (κ3) is 2.33. The molecule has 9 heavy (non-hydrogen) atoms. The van der Waals surface area contributed by atoms with Crippen LogP contribution in [-0.4, -0.2) is 19.7 Å². The lowest BCUT2D eigenvalue weighted by Crippen LogP contribution is -2.27. The van der Waals surface area contributed by atoms with Gasteiger partial charge in [0.15, 0.2) is 0 Å². The molecule has 2 heteroatoms. The second-order valence-electron chi connectivity index (χ2n) is 2.69. The minimum Gasteiger partial charge on any atom is -0.317 e. The minimum absolute atomic E-state index is 0.116. The van der Waals surface area contributed by atoms with E-state index in [9.17, 15) is 5.11 Å². The molecule has 2 nitrogen and oxygen atoms in total. The fraction of sp³-hybridized carbons (Fsp3) is 1.00. The van der Waals surface area contributed by atoms with Crippen LogP contribution in [0.15, 0.2) is 0 Å². The van der Waals surface area contributed by atoms with Gasteiger partial charge >= 0.3 is 0 Å². The van der Waals surface area contributed by atoms with E-state index in [-0.39, 0.29) is 6.61 Å². The summed E-state index contributed by atoms with van der Waals surface area (Å²) in [5.74, 6) is 0.726. The first-order chi connectivity index (χ1) is 4.43. The first-order valence-electron chi connectivity index (χ1n) is 3.72. The maximum Gasteiger partial charge on any atom is 0.0825 e. The van der Waals surface area contributed by atoms with Crippen molar-refractivity contribution in [2.75, 3.05) is 19.7 Å². The number of piperidine rings is 1. The lowest BCUT2D eigenvalue weighted by molar-refractivity contribution is 0.161. The van der Waals surface area contributed by atoms with Crippen LogP contribution in [-0.2, 0) is 5.11 Å². The van der Waals surface area contributed by atoms with Gasteiger partial charge in [-0.25, -0.2) is 5.11 Å². The van der Waals surface area contributed by atoms with Crippen molar-refractivity contribution in [1.82, 2.24) is 5.32 Å². The van der Waals surface area contributed by atoms with Gasteiger partial charge in [0.2, 0.25) is 0 Å². The summed E-state index contributed by atoms with van der Waals surface area (Å²) in [6.07, 6.45) is 3.31. The third-order valence-electron chi connectivity index (χ3n) is 1.98. The van der Waals surface area contributed by atoms with Crippen molar-refractivity contribution < 1.29 is 5.11 Å². The third-order valence-corrected chi connectivity index (χ3v) is 1.98. The summed E-state index contributed by atoms with van der Waals surface area (Å²) in [6.45, 7) is 2.35. The molecule has 0 aromatic carbocycles. The van der Waals surface area contributed by atoms with Crippen molar-refractivity contribution in [3.05, 3.63) is 0 Å². The molecule has 1 heterocycles. The molecular formula is C7H14NO. The standard InChI is InChI=1S/C7H14NO/c9-6-3-7-1-4-8-5-2-7/h7-8H,1-6H2. The Morgan fingerprint density at radius 3 is 2.56 bits per heavy atom. The smallest absolute Gasteiger partial charge is 0.0825 e. The largest absolute Gasteiger partial charge is 0.317 e. The molecule has 1 saturated heterocycles. The minimum atomic E-state index is 0.116. The Bertz CT molecular complexity index is 66.6. The molecule has 1 aliphatic heterocycles. The Morgan fingerprint density at radius 2 is 2.00 bits per heavy atom. The van der Waals surface area contributed by atoms with Crippen LogP contribution >= 0.6 is 0 Å². The second kappa shape index (κ2) is 3.85.